The Labute approximate surface area is 117 Å². The van der Waals surface area contributed by atoms with Crippen molar-refractivity contribution in [1.29, 1.82) is 0 Å². The zero-order chi connectivity index (χ0) is 14.1. The smallest absolute Gasteiger partial charge is 0.313 e. The van der Waals surface area contributed by atoms with E-state index in [1.54, 1.807) is 0 Å². The quantitative estimate of drug-likeness (QED) is 0.747. The number of rotatable bonds is 3. The van der Waals surface area contributed by atoms with Gasteiger partial charge in [-0.25, -0.2) is 0 Å². The van der Waals surface area contributed by atoms with E-state index in [2.05, 4.69) is 0 Å². The third kappa shape index (κ3) is 4.38. The van der Waals surface area contributed by atoms with Crippen molar-refractivity contribution in [2.75, 3.05) is 7.11 Å². The molecule has 106 valence electrons. The molecule has 0 unspecified atom stereocenters. The van der Waals surface area contributed by atoms with Crippen molar-refractivity contribution >= 4 is 5.97 Å². The molecule has 0 heterocycles. The molecule has 1 aliphatic carbocycles. The Balaban J connectivity index is 0.000000861. The van der Waals surface area contributed by atoms with Crippen LogP contribution < -0.4 is 0 Å². The Morgan fingerprint density at radius 1 is 1.11 bits per heavy atom. The second kappa shape index (κ2) is 8.73. The van der Waals surface area contributed by atoms with Crippen LogP contribution in [0.4, 0.5) is 0 Å². The summed E-state index contributed by atoms with van der Waals surface area (Å²) in [5.74, 6) is 0.309. The van der Waals surface area contributed by atoms with Crippen LogP contribution in [0, 0.1) is 5.92 Å². The summed E-state index contributed by atoms with van der Waals surface area (Å²) < 4.78 is 4.98. The summed E-state index contributed by atoms with van der Waals surface area (Å²) >= 11 is 0. The SMILES string of the molecule is CC.COC(=O)[C@H](c1ccccc1)C1CCCCC1. The van der Waals surface area contributed by atoms with Crippen molar-refractivity contribution in [2.24, 2.45) is 5.92 Å². The Morgan fingerprint density at radius 2 is 1.68 bits per heavy atom. The van der Waals surface area contributed by atoms with E-state index >= 15 is 0 Å². The molecule has 0 spiro atoms. The number of esters is 1. The first kappa shape index (κ1) is 15.7. The highest BCUT2D eigenvalue weighted by atomic mass is 16.5. The highest BCUT2D eigenvalue weighted by molar-refractivity contribution is 5.78. The molecule has 0 N–H and O–H groups in total. The highest BCUT2D eigenvalue weighted by Crippen LogP contribution is 2.36. The largest absolute Gasteiger partial charge is 0.469 e. The second-order valence-electron chi connectivity index (χ2n) is 4.81. The predicted octanol–water partition coefficient (Wildman–Crippen LogP) is 4.55. The van der Waals surface area contributed by atoms with Gasteiger partial charge in [-0.2, -0.15) is 0 Å². The maximum atomic E-state index is 12.0. The Hall–Kier alpha value is -1.31. The van der Waals surface area contributed by atoms with Gasteiger partial charge >= 0.3 is 5.97 Å². The maximum Gasteiger partial charge on any atom is 0.313 e. The fourth-order valence-electron chi connectivity index (χ4n) is 2.86. The molecule has 2 rings (SSSR count). The van der Waals surface area contributed by atoms with Gasteiger partial charge in [0.1, 0.15) is 0 Å². The van der Waals surface area contributed by atoms with Crippen molar-refractivity contribution in [1.82, 2.24) is 0 Å². The first-order valence-corrected chi connectivity index (χ1v) is 7.45. The lowest BCUT2D eigenvalue weighted by Crippen LogP contribution is -2.24. The predicted molar refractivity (Wildman–Crippen MR) is 79.1 cm³/mol. The van der Waals surface area contributed by atoms with Gasteiger partial charge in [-0.3, -0.25) is 4.79 Å². The van der Waals surface area contributed by atoms with Gasteiger partial charge in [0.05, 0.1) is 13.0 Å². The lowest BCUT2D eigenvalue weighted by molar-refractivity contribution is -0.144. The van der Waals surface area contributed by atoms with Gasteiger partial charge in [0.2, 0.25) is 0 Å². The Morgan fingerprint density at radius 3 is 2.21 bits per heavy atom. The monoisotopic (exact) mass is 262 g/mol. The molecular formula is C17H26O2. The standard InChI is InChI=1S/C15H20O2.C2H6/c1-17-15(16)14(12-8-4-2-5-9-12)13-10-6-3-7-11-13;1-2/h2,4-5,8-9,13-14H,3,6-7,10-11H2,1H3;1-2H3/t14-;/m1./s1. The van der Waals surface area contributed by atoms with Crippen LogP contribution >= 0.6 is 0 Å². The van der Waals surface area contributed by atoms with Crippen LogP contribution in [0.2, 0.25) is 0 Å². The second-order valence-corrected chi connectivity index (χ2v) is 4.81. The first-order chi connectivity index (χ1) is 9.33. The third-order valence-corrected chi connectivity index (χ3v) is 3.74. The molecule has 0 aromatic heterocycles. The van der Waals surface area contributed by atoms with Crippen LogP contribution in [-0.4, -0.2) is 13.1 Å². The van der Waals surface area contributed by atoms with Gasteiger partial charge in [-0.1, -0.05) is 63.4 Å². The molecule has 1 aromatic rings. The minimum atomic E-state index is -0.0805. The fourth-order valence-corrected chi connectivity index (χ4v) is 2.86. The molecule has 0 aliphatic heterocycles. The van der Waals surface area contributed by atoms with Crippen molar-refractivity contribution < 1.29 is 9.53 Å². The average Bonchev–Trinajstić information content (AvgIpc) is 2.51. The molecular weight excluding hydrogens is 236 g/mol. The molecule has 2 heteroatoms. The van der Waals surface area contributed by atoms with Crippen LogP contribution in [0.1, 0.15) is 57.4 Å². The summed E-state index contributed by atoms with van der Waals surface area (Å²) in [4.78, 5) is 12.0. The third-order valence-electron chi connectivity index (χ3n) is 3.74. The number of methoxy groups -OCH3 is 1. The lowest BCUT2D eigenvalue weighted by atomic mass is 9.77. The molecule has 1 aromatic carbocycles. The average molecular weight is 262 g/mol. The number of benzene rings is 1. The van der Waals surface area contributed by atoms with Crippen LogP contribution in [0.5, 0.6) is 0 Å². The minimum absolute atomic E-state index is 0.0681. The van der Waals surface area contributed by atoms with Crippen molar-refractivity contribution in [2.45, 2.75) is 51.9 Å². The number of hydrogen-bond donors (Lipinski definition) is 0. The Bertz CT molecular complexity index is 353. The molecule has 1 atom stereocenters. The van der Waals surface area contributed by atoms with E-state index in [4.69, 9.17) is 4.74 Å². The fraction of sp³-hybridized carbons (Fsp3) is 0.588. The van der Waals surface area contributed by atoms with Crippen LogP contribution in [0.25, 0.3) is 0 Å². The molecule has 1 saturated carbocycles. The van der Waals surface area contributed by atoms with E-state index in [-0.39, 0.29) is 11.9 Å². The molecule has 0 saturated heterocycles. The summed E-state index contributed by atoms with van der Waals surface area (Å²) in [6.45, 7) is 4.00. The molecule has 0 radical (unpaired) electrons. The van der Waals surface area contributed by atoms with Gasteiger partial charge in [0, 0.05) is 0 Å². The van der Waals surface area contributed by atoms with E-state index in [1.165, 1.54) is 26.4 Å². The van der Waals surface area contributed by atoms with Crippen molar-refractivity contribution in [3.8, 4) is 0 Å². The maximum absolute atomic E-state index is 12.0. The lowest BCUT2D eigenvalue weighted by Gasteiger charge is -2.28. The van der Waals surface area contributed by atoms with Crippen LogP contribution in [-0.2, 0) is 9.53 Å². The van der Waals surface area contributed by atoms with E-state index in [1.807, 2.05) is 44.2 Å². The van der Waals surface area contributed by atoms with Crippen LogP contribution in [0.15, 0.2) is 30.3 Å². The van der Waals surface area contributed by atoms with Crippen LogP contribution in [0.3, 0.4) is 0 Å². The number of carbonyl (C=O) groups excluding carboxylic acids is 1. The summed E-state index contributed by atoms with van der Waals surface area (Å²) in [6.07, 6.45) is 6.08. The molecule has 19 heavy (non-hydrogen) atoms. The van der Waals surface area contributed by atoms with E-state index in [0.29, 0.717) is 5.92 Å². The molecule has 0 amide bonds. The van der Waals surface area contributed by atoms with Gasteiger partial charge in [-0.05, 0) is 24.3 Å². The summed E-state index contributed by atoms with van der Waals surface area (Å²) in [6, 6.07) is 10.0. The van der Waals surface area contributed by atoms with Gasteiger partial charge < -0.3 is 4.74 Å². The van der Waals surface area contributed by atoms with E-state index in [9.17, 15) is 4.79 Å². The van der Waals surface area contributed by atoms with E-state index < -0.39 is 0 Å². The normalized spacial score (nSPS) is 17.0. The van der Waals surface area contributed by atoms with Gasteiger partial charge in [0.15, 0.2) is 0 Å². The molecule has 2 nitrogen and oxygen atoms in total. The minimum Gasteiger partial charge on any atom is -0.469 e. The summed E-state index contributed by atoms with van der Waals surface area (Å²) in [5, 5.41) is 0. The molecule has 0 bridgehead atoms. The molecule has 1 fully saturated rings. The Kier molecular flexibility index (Phi) is 7.24. The zero-order valence-corrected chi connectivity index (χ0v) is 12.4. The topological polar surface area (TPSA) is 26.3 Å². The van der Waals surface area contributed by atoms with E-state index in [0.717, 1.165) is 18.4 Å². The van der Waals surface area contributed by atoms with Gasteiger partial charge in [0.25, 0.3) is 0 Å². The first-order valence-electron chi connectivity index (χ1n) is 7.45. The van der Waals surface area contributed by atoms with Crippen molar-refractivity contribution in [3.63, 3.8) is 0 Å². The number of hydrogen-bond acceptors (Lipinski definition) is 2. The number of carbonyl (C=O) groups is 1. The molecule has 1 aliphatic rings. The summed E-state index contributed by atoms with van der Waals surface area (Å²) in [5.41, 5.74) is 1.10. The van der Waals surface area contributed by atoms with Gasteiger partial charge in [-0.15, -0.1) is 0 Å². The zero-order valence-electron chi connectivity index (χ0n) is 12.4. The number of ether oxygens (including phenoxy) is 1. The highest BCUT2D eigenvalue weighted by Gasteiger charge is 2.31. The summed E-state index contributed by atoms with van der Waals surface area (Å²) in [7, 11) is 1.49. The van der Waals surface area contributed by atoms with Crippen molar-refractivity contribution in [3.05, 3.63) is 35.9 Å².